The number of hydrogen-bond acceptors (Lipinski definition) is 5. The maximum atomic E-state index is 12.0. The molecule has 0 unspecified atom stereocenters. The molecule has 7 nitrogen and oxygen atoms in total. The molecule has 1 heterocycles. The Morgan fingerprint density at radius 3 is 2.64 bits per heavy atom. The number of hydrogen-bond donors (Lipinski definition) is 2. The Balaban J connectivity index is 1.33. The number of amides is 2. The van der Waals surface area contributed by atoms with Gasteiger partial charge in [-0.05, 0) is 24.8 Å². The first-order valence-corrected chi connectivity index (χ1v) is 8.68. The van der Waals surface area contributed by atoms with Crippen LogP contribution in [-0.2, 0) is 25.6 Å². The first-order chi connectivity index (χ1) is 12.2. The van der Waals surface area contributed by atoms with Gasteiger partial charge in [0.25, 0.3) is 0 Å². The van der Waals surface area contributed by atoms with Crippen molar-refractivity contribution in [3.63, 3.8) is 0 Å². The van der Waals surface area contributed by atoms with E-state index in [-0.39, 0.29) is 37.3 Å². The fraction of sp³-hybridized carbons (Fsp3) is 0.556. The summed E-state index contributed by atoms with van der Waals surface area (Å²) < 4.78 is 16.4. The van der Waals surface area contributed by atoms with Crippen LogP contribution in [0.4, 0.5) is 4.79 Å². The van der Waals surface area contributed by atoms with Crippen LogP contribution in [0.5, 0.6) is 0 Å². The highest BCUT2D eigenvalue weighted by Crippen LogP contribution is 2.26. The van der Waals surface area contributed by atoms with Crippen LogP contribution < -0.4 is 10.6 Å². The second-order valence-corrected chi connectivity index (χ2v) is 6.31. The minimum atomic E-state index is -0.605. The number of fused-ring (bicyclic) bond motifs is 1. The van der Waals surface area contributed by atoms with Gasteiger partial charge in [0.1, 0.15) is 13.2 Å². The van der Waals surface area contributed by atoms with Gasteiger partial charge in [-0.1, -0.05) is 30.3 Å². The van der Waals surface area contributed by atoms with Crippen LogP contribution in [0.15, 0.2) is 30.3 Å². The van der Waals surface area contributed by atoms with Gasteiger partial charge in [0.15, 0.2) is 0 Å². The molecule has 1 aliphatic heterocycles. The van der Waals surface area contributed by atoms with Crippen LogP contribution >= 0.6 is 0 Å². The van der Waals surface area contributed by atoms with Crippen molar-refractivity contribution in [3.05, 3.63) is 35.9 Å². The summed E-state index contributed by atoms with van der Waals surface area (Å²) in [6, 6.07) is 9.43. The third kappa shape index (κ3) is 5.44. The molecular weight excluding hydrogens is 324 g/mol. The van der Waals surface area contributed by atoms with E-state index in [1.807, 2.05) is 30.3 Å². The summed E-state index contributed by atoms with van der Waals surface area (Å²) in [7, 11) is 0. The summed E-state index contributed by atoms with van der Waals surface area (Å²) in [5, 5.41) is 5.41. The van der Waals surface area contributed by atoms with Crippen LogP contribution in [0.25, 0.3) is 0 Å². The summed E-state index contributed by atoms with van der Waals surface area (Å²) in [6.45, 7) is 1.33. The van der Waals surface area contributed by atoms with Crippen LogP contribution in [-0.4, -0.2) is 50.0 Å². The minimum absolute atomic E-state index is 0.0524. The maximum absolute atomic E-state index is 12.0. The largest absolute Gasteiger partial charge is 0.445 e. The number of alkyl carbamates (subject to hydrolysis) is 1. The van der Waals surface area contributed by atoms with Gasteiger partial charge >= 0.3 is 6.09 Å². The number of benzene rings is 1. The molecule has 1 aromatic rings. The van der Waals surface area contributed by atoms with Gasteiger partial charge in [-0.25, -0.2) is 4.79 Å². The fourth-order valence-corrected chi connectivity index (χ4v) is 3.20. The minimum Gasteiger partial charge on any atom is -0.445 e. The first kappa shape index (κ1) is 17.7. The van der Waals surface area contributed by atoms with E-state index >= 15 is 0 Å². The predicted octanol–water partition coefficient (Wildman–Crippen LogP) is 1.37. The Morgan fingerprint density at radius 1 is 1.08 bits per heavy atom. The standard InChI is InChI=1S/C18H24N2O5/c21-17(11-19-18(22)25-12-13-4-2-1-3-5-13)20-14-6-7-15-16(10-14)24-9-8-23-15/h1-5,14-16H,6-12H2,(H,19,22)(H,20,21)/t14-,15-,16-/m1/s1. The van der Waals surface area contributed by atoms with E-state index in [1.54, 1.807) is 0 Å². The molecule has 1 aromatic carbocycles. The number of ether oxygens (including phenoxy) is 3. The Morgan fingerprint density at radius 2 is 1.84 bits per heavy atom. The molecule has 136 valence electrons. The molecule has 0 spiro atoms. The van der Waals surface area contributed by atoms with E-state index in [1.165, 1.54) is 0 Å². The fourth-order valence-electron chi connectivity index (χ4n) is 3.20. The molecule has 7 heteroatoms. The molecule has 0 bridgehead atoms. The second-order valence-electron chi connectivity index (χ2n) is 6.31. The van der Waals surface area contributed by atoms with Crippen molar-refractivity contribution in [2.45, 2.75) is 44.1 Å². The lowest BCUT2D eigenvalue weighted by Gasteiger charge is -2.39. The van der Waals surface area contributed by atoms with Crippen molar-refractivity contribution >= 4 is 12.0 Å². The summed E-state index contributed by atoms with van der Waals surface area (Å²) in [5.41, 5.74) is 0.897. The van der Waals surface area contributed by atoms with Crippen LogP contribution in [0.2, 0.25) is 0 Å². The van der Waals surface area contributed by atoms with E-state index in [0.29, 0.717) is 13.2 Å². The van der Waals surface area contributed by atoms with Crippen molar-refractivity contribution in [3.8, 4) is 0 Å². The molecule has 1 saturated carbocycles. The highest BCUT2D eigenvalue weighted by atomic mass is 16.6. The van der Waals surface area contributed by atoms with E-state index < -0.39 is 6.09 Å². The van der Waals surface area contributed by atoms with Crippen LogP contribution in [0, 0.1) is 0 Å². The molecule has 2 amide bonds. The van der Waals surface area contributed by atoms with Crippen LogP contribution in [0.1, 0.15) is 24.8 Å². The summed E-state index contributed by atoms with van der Waals surface area (Å²) >= 11 is 0. The van der Waals surface area contributed by atoms with Gasteiger partial charge in [0.05, 0.1) is 25.4 Å². The molecule has 3 atom stereocenters. The molecule has 2 N–H and O–H groups in total. The van der Waals surface area contributed by atoms with Gasteiger partial charge in [-0.15, -0.1) is 0 Å². The van der Waals surface area contributed by atoms with E-state index in [9.17, 15) is 9.59 Å². The van der Waals surface area contributed by atoms with Crippen molar-refractivity contribution in [2.24, 2.45) is 0 Å². The topological polar surface area (TPSA) is 85.9 Å². The number of carbonyl (C=O) groups excluding carboxylic acids is 2. The van der Waals surface area contributed by atoms with Crippen LogP contribution in [0.3, 0.4) is 0 Å². The molecule has 3 rings (SSSR count). The average molecular weight is 348 g/mol. The van der Waals surface area contributed by atoms with Crippen molar-refractivity contribution in [1.82, 2.24) is 10.6 Å². The highest BCUT2D eigenvalue weighted by Gasteiger charge is 2.34. The molecule has 25 heavy (non-hydrogen) atoms. The van der Waals surface area contributed by atoms with E-state index in [2.05, 4.69) is 10.6 Å². The SMILES string of the molecule is O=C(CNC(=O)OCc1ccccc1)N[C@@H]1CC[C@H]2OCCO[C@@H]2C1. The molecular formula is C18H24N2O5. The number of carbonyl (C=O) groups is 2. The molecule has 2 fully saturated rings. The van der Waals surface area contributed by atoms with Crippen molar-refractivity contribution in [1.29, 1.82) is 0 Å². The van der Waals surface area contributed by atoms with Gasteiger partial charge in [0, 0.05) is 6.04 Å². The summed E-state index contributed by atoms with van der Waals surface area (Å²) in [4.78, 5) is 23.6. The summed E-state index contributed by atoms with van der Waals surface area (Å²) in [5.74, 6) is -0.225. The van der Waals surface area contributed by atoms with Gasteiger partial charge in [0.2, 0.25) is 5.91 Å². The Kier molecular flexibility index (Phi) is 6.25. The normalized spacial score (nSPS) is 25.5. The third-order valence-electron chi connectivity index (χ3n) is 4.45. The van der Waals surface area contributed by atoms with Crippen molar-refractivity contribution < 1.29 is 23.8 Å². The van der Waals surface area contributed by atoms with E-state index in [0.717, 1.165) is 24.8 Å². The first-order valence-electron chi connectivity index (χ1n) is 8.68. The van der Waals surface area contributed by atoms with Crippen molar-refractivity contribution in [2.75, 3.05) is 19.8 Å². The lowest BCUT2D eigenvalue weighted by atomic mass is 9.89. The Labute approximate surface area is 147 Å². The zero-order valence-electron chi connectivity index (χ0n) is 14.1. The molecule has 2 aliphatic rings. The predicted molar refractivity (Wildman–Crippen MR) is 89.9 cm³/mol. The van der Waals surface area contributed by atoms with Gasteiger partial charge in [-0.3, -0.25) is 4.79 Å². The average Bonchev–Trinajstić information content (AvgIpc) is 2.65. The Hall–Kier alpha value is -2.12. The number of rotatable bonds is 5. The lowest BCUT2D eigenvalue weighted by molar-refractivity contribution is -0.158. The van der Waals surface area contributed by atoms with E-state index in [4.69, 9.17) is 14.2 Å². The summed E-state index contributed by atoms with van der Waals surface area (Å²) in [6.07, 6.45) is 2.07. The van der Waals surface area contributed by atoms with Gasteiger partial charge < -0.3 is 24.8 Å². The van der Waals surface area contributed by atoms with Gasteiger partial charge in [-0.2, -0.15) is 0 Å². The smallest absolute Gasteiger partial charge is 0.407 e. The molecule has 0 aromatic heterocycles. The zero-order valence-corrected chi connectivity index (χ0v) is 14.1. The second kappa shape index (κ2) is 8.82. The maximum Gasteiger partial charge on any atom is 0.407 e. The lowest BCUT2D eigenvalue weighted by Crippen LogP contribution is -2.50. The third-order valence-corrected chi connectivity index (χ3v) is 4.45. The molecule has 0 radical (unpaired) electrons. The highest BCUT2D eigenvalue weighted by molar-refractivity contribution is 5.82. The number of nitrogens with one attached hydrogen (secondary N) is 2. The molecule has 1 saturated heterocycles. The molecule has 1 aliphatic carbocycles. The quantitative estimate of drug-likeness (QED) is 0.839. The zero-order chi connectivity index (χ0) is 17.5. The Bertz CT molecular complexity index is 580. The monoisotopic (exact) mass is 348 g/mol.